The minimum absolute atomic E-state index is 0.0324. The van der Waals surface area contributed by atoms with E-state index in [1.165, 1.54) is 12.1 Å². The third-order valence-electron chi connectivity index (χ3n) is 3.00. The summed E-state index contributed by atoms with van der Waals surface area (Å²) >= 11 is 4.24. The molecule has 0 aliphatic carbocycles. The second kappa shape index (κ2) is 7.10. The first-order chi connectivity index (χ1) is 10.9. The van der Waals surface area contributed by atoms with Gasteiger partial charge in [-0.05, 0) is 40.4 Å². The van der Waals surface area contributed by atoms with Gasteiger partial charge in [0, 0.05) is 29.1 Å². The molecule has 120 valence electrons. The third kappa shape index (κ3) is 3.53. The van der Waals surface area contributed by atoms with Gasteiger partial charge in [-0.25, -0.2) is 8.78 Å². The van der Waals surface area contributed by atoms with Crippen molar-refractivity contribution in [3.8, 4) is 11.5 Å². The normalized spacial score (nSPS) is 10.4. The fourth-order valence-electron chi connectivity index (χ4n) is 1.84. The number of thioether (sulfide) groups is 1. The Labute approximate surface area is 144 Å². The molecule has 8 heteroatoms. The Morgan fingerprint density at radius 1 is 1.30 bits per heavy atom. The molecule has 23 heavy (non-hydrogen) atoms. The molecular weight excluding hydrogens is 388 g/mol. The van der Waals surface area contributed by atoms with Crippen LogP contribution in [0, 0.1) is 22.5 Å². The summed E-state index contributed by atoms with van der Waals surface area (Å²) in [5.74, 6) is -1.27. The number of ether oxygens (including phenoxy) is 1. The molecule has 2 aromatic rings. The van der Waals surface area contributed by atoms with Crippen LogP contribution in [0.15, 0.2) is 28.7 Å². The lowest BCUT2D eigenvalue weighted by Crippen LogP contribution is -2.01. The van der Waals surface area contributed by atoms with Crippen molar-refractivity contribution in [1.29, 1.82) is 10.8 Å². The molecule has 0 aliphatic rings. The van der Waals surface area contributed by atoms with Crippen molar-refractivity contribution in [2.45, 2.75) is 0 Å². The van der Waals surface area contributed by atoms with Crippen molar-refractivity contribution >= 4 is 44.6 Å². The Morgan fingerprint density at radius 3 is 2.61 bits per heavy atom. The molecule has 0 aromatic heterocycles. The SMILES string of the molecule is CSC(=N)c1cc(Oc2c(F)cc(N)c(C=N)c2Br)ccc1F. The first kappa shape index (κ1) is 17.4. The molecule has 0 unspecified atom stereocenters. The quantitative estimate of drug-likeness (QED) is 0.392. The number of halogens is 3. The van der Waals surface area contributed by atoms with E-state index in [1.807, 2.05) is 0 Å². The Balaban J connectivity index is 2.48. The minimum atomic E-state index is -0.717. The smallest absolute Gasteiger partial charge is 0.178 e. The van der Waals surface area contributed by atoms with Crippen LogP contribution in [0.2, 0.25) is 0 Å². The van der Waals surface area contributed by atoms with Crippen molar-refractivity contribution < 1.29 is 13.5 Å². The van der Waals surface area contributed by atoms with Gasteiger partial charge in [0.05, 0.1) is 9.52 Å². The first-order valence-corrected chi connectivity index (χ1v) is 8.29. The fourth-order valence-corrected chi connectivity index (χ4v) is 2.83. The van der Waals surface area contributed by atoms with Crippen LogP contribution in [-0.2, 0) is 0 Å². The third-order valence-corrected chi connectivity index (χ3v) is 4.41. The van der Waals surface area contributed by atoms with Crippen LogP contribution in [0.4, 0.5) is 14.5 Å². The van der Waals surface area contributed by atoms with Gasteiger partial charge in [0.25, 0.3) is 0 Å². The van der Waals surface area contributed by atoms with Crippen molar-refractivity contribution in [3.05, 3.63) is 51.5 Å². The van der Waals surface area contributed by atoms with E-state index in [4.69, 9.17) is 21.3 Å². The van der Waals surface area contributed by atoms with Crippen LogP contribution >= 0.6 is 27.7 Å². The molecule has 2 rings (SSSR count). The van der Waals surface area contributed by atoms with Crippen molar-refractivity contribution in [1.82, 2.24) is 0 Å². The number of nitrogens with one attached hydrogen (secondary N) is 2. The zero-order chi connectivity index (χ0) is 17.1. The number of hydrogen-bond acceptors (Lipinski definition) is 5. The minimum Gasteiger partial charge on any atom is -0.453 e. The highest BCUT2D eigenvalue weighted by molar-refractivity contribution is 9.10. The van der Waals surface area contributed by atoms with E-state index in [0.29, 0.717) is 0 Å². The second-order valence-corrected chi connectivity index (χ2v) is 6.04. The number of benzene rings is 2. The zero-order valence-electron chi connectivity index (χ0n) is 11.9. The summed E-state index contributed by atoms with van der Waals surface area (Å²) in [5.41, 5.74) is 6.08. The number of nitrogen functional groups attached to an aromatic ring is 1. The van der Waals surface area contributed by atoms with Crippen LogP contribution in [0.25, 0.3) is 0 Å². The molecule has 0 saturated carbocycles. The summed E-state index contributed by atoms with van der Waals surface area (Å²) in [4.78, 5) is 0. The summed E-state index contributed by atoms with van der Waals surface area (Å²) in [5, 5.41) is 15.1. The highest BCUT2D eigenvalue weighted by Gasteiger charge is 2.17. The monoisotopic (exact) mass is 399 g/mol. The number of rotatable bonds is 4. The fraction of sp³-hybridized carbons (Fsp3) is 0.0667. The van der Waals surface area contributed by atoms with Gasteiger partial charge in [0.2, 0.25) is 0 Å². The first-order valence-electron chi connectivity index (χ1n) is 6.27. The summed E-state index contributed by atoms with van der Waals surface area (Å²) in [6, 6.07) is 4.85. The molecule has 0 fully saturated rings. The van der Waals surface area contributed by atoms with Crippen molar-refractivity contribution in [3.63, 3.8) is 0 Å². The van der Waals surface area contributed by atoms with Gasteiger partial charge < -0.3 is 15.9 Å². The van der Waals surface area contributed by atoms with Gasteiger partial charge in [-0.1, -0.05) is 0 Å². The van der Waals surface area contributed by atoms with E-state index in [-0.39, 0.29) is 37.8 Å². The van der Waals surface area contributed by atoms with Gasteiger partial charge in [-0.2, -0.15) is 0 Å². The Kier molecular flexibility index (Phi) is 5.38. The average Bonchev–Trinajstić information content (AvgIpc) is 2.52. The summed E-state index contributed by atoms with van der Waals surface area (Å²) in [7, 11) is 0. The molecule has 0 spiro atoms. The van der Waals surface area contributed by atoms with Crippen LogP contribution < -0.4 is 10.5 Å². The van der Waals surface area contributed by atoms with E-state index in [1.54, 1.807) is 6.26 Å². The maximum absolute atomic E-state index is 14.1. The van der Waals surface area contributed by atoms with E-state index in [2.05, 4.69) is 15.9 Å². The Bertz CT molecular complexity index is 799. The van der Waals surface area contributed by atoms with Gasteiger partial charge >= 0.3 is 0 Å². The van der Waals surface area contributed by atoms with Crippen LogP contribution in [0.1, 0.15) is 11.1 Å². The molecule has 0 amide bonds. The Morgan fingerprint density at radius 2 is 2.00 bits per heavy atom. The lowest BCUT2D eigenvalue weighted by Gasteiger charge is -2.13. The number of hydrogen-bond donors (Lipinski definition) is 3. The van der Waals surface area contributed by atoms with E-state index in [9.17, 15) is 8.78 Å². The van der Waals surface area contributed by atoms with E-state index >= 15 is 0 Å². The molecular formula is C15H12BrF2N3OS. The van der Waals surface area contributed by atoms with Crippen molar-refractivity contribution in [2.24, 2.45) is 0 Å². The maximum atomic E-state index is 14.1. The predicted molar refractivity (Wildman–Crippen MR) is 93.2 cm³/mol. The summed E-state index contributed by atoms with van der Waals surface area (Å²) in [6.07, 6.45) is 2.63. The van der Waals surface area contributed by atoms with Crippen LogP contribution in [0.5, 0.6) is 11.5 Å². The van der Waals surface area contributed by atoms with Crippen LogP contribution in [-0.4, -0.2) is 17.5 Å². The Hall–Kier alpha value is -1.93. The maximum Gasteiger partial charge on any atom is 0.178 e. The topological polar surface area (TPSA) is 82.9 Å². The molecule has 4 nitrogen and oxygen atoms in total. The molecule has 0 radical (unpaired) electrons. The lowest BCUT2D eigenvalue weighted by atomic mass is 10.1. The van der Waals surface area contributed by atoms with Crippen LogP contribution in [0.3, 0.4) is 0 Å². The molecule has 0 aliphatic heterocycles. The van der Waals surface area contributed by atoms with E-state index < -0.39 is 11.6 Å². The van der Waals surface area contributed by atoms with E-state index in [0.717, 1.165) is 30.1 Å². The standard InChI is InChI=1S/C15H12BrF2N3OS/c1-23-15(21)8-4-7(2-3-10(8)17)22-14-11(18)5-12(20)9(6-19)13(14)16/h2-6,19,21H,20H2,1H3. The highest BCUT2D eigenvalue weighted by atomic mass is 79.9. The van der Waals surface area contributed by atoms with Gasteiger partial charge in [0.15, 0.2) is 11.6 Å². The zero-order valence-corrected chi connectivity index (χ0v) is 14.3. The molecule has 0 saturated heterocycles. The van der Waals surface area contributed by atoms with Gasteiger partial charge in [-0.15, -0.1) is 11.8 Å². The number of anilines is 1. The highest BCUT2D eigenvalue weighted by Crippen LogP contribution is 2.37. The van der Waals surface area contributed by atoms with Crippen molar-refractivity contribution in [2.75, 3.05) is 12.0 Å². The largest absolute Gasteiger partial charge is 0.453 e. The molecule has 4 N–H and O–H groups in total. The van der Waals surface area contributed by atoms with Gasteiger partial charge in [-0.3, -0.25) is 5.41 Å². The summed E-state index contributed by atoms with van der Waals surface area (Å²) in [6.45, 7) is 0. The molecule has 2 aromatic carbocycles. The average molecular weight is 400 g/mol. The predicted octanol–water partition coefficient (Wildman–Crippen LogP) is 4.79. The second-order valence-electron chi connectivity index (χ2n) is 4.43. The molecule has 0 bridgehead atoms. The molecule has 0 atom stereocenters. The number of nitrogens with two attached hydrogens (primary N) is 1. The lowest BCUT2D eigenvalue weighted by molar-refractivity contribution is 0.438. The van der Waals surface area contributed by atoms with Gasteiger partial charge in [0.1, 0.15) is 11.6 Å². The molecule has 0 heterocycles. The summed E-state index contributed by atoms with van der Waals surface area (Å²) < 4.78 is 33.5.